The van der Waals surface area contributed by atoms with Gasteiger partial charge in [0.2, 0.25) is 0 Å². The van der Waals surface area contributed by atoms with Gasteiger partial charge in [-0.1, -0.05) is 35.3 Å². The lowest BCUT2D eigenvalue weighted by atomic mass is 10.0. The van der Waals surface area contributed by atoms with Crippen LogP contribution in [-0.4, -0.2) is 14.2 Å². The molecule has 2 aromatic carbocycles. The SMILES string of the molecule is O=C(c1ccccc1Cl)c1cc(Cl)ccc1S(=O)(=O)Cl. The maximum absolute atomic E-state index is 12.4. The monoisotopic (exact) mass is 348 g/mol. The summed E-state index contributed by atoms with van der Waals surface area (Å²) in [5.41, 5.74) is 0.0681. The maximum Gasteiger partial charge on any atom is 0.262 e. The van der Waals surface area contributed by atoms with Crippen LogP contribution in [0.3, 0.4) is 0 Å². The van der Waals surface area contributed by atoms with Crippen molar-refractivity contribution in [2.24, 2.45) is 0 Å². The van der Waals surface area contributed by atoms with E-state index >= 15 is 0 Å². The number of benzene rings is 2. The van der Waals surface area contributed by atoms with Gasteiger partial charge < -0.3 is 0 Å². The van der Waals surface area contributed by atoms with Crippen LogP contribution in [0.25, 0.3) is 0 Å². The molecule has 2 rings (SSSR count). The molecule has 0 bridgehead atoms. The lowest BCUT2D eigenvalue weighted by Crippen LogP contribution is -2.08. The molecule has 0 aliphatic heterocycles. The second kappa shape index (κ2) is 5.74. The van der Waals surface area contributed by atoms with E-state index in [-0.39, 0.29) is 26.1 Å². The number of ketones is 1. The van der Waals surface area contributed by atoms with Crippen LogP contribution in [-0.2, 0) is 9.05 Å². The molecule has 0 unspecified atom stereocenters. The first-order chi connectivity index (χ1) is 9.30. The van der Waals surface area contributed by atoms with Crippen molar-refractivity contribution < 1.29 is 13.2 Å². The lowest BCUT2D eigenvalue weighted by Gasteiger charge is -2.08. The van der Waals surface area contributed by atoms with Crippen LogP contribution < -0.4 is 0 Å². The van der Waals surface area contributed by atoms with Gasteiger partial charge in [-0.05, 0) is 30.3 Å². The van der Waals surface area contributed by atoms with Crippen molar-refractivity contribution in [3.8, 4) is 0 Å². The van der Waals surface area contributed by atoms with E-state index in [9.17, 15) is 13.2 Å². The van der Waals surface area contributed by atoms with Crippen LogP contribution in [0.15, 0.2) is 47.4 Å². The van der Waals surface area contributed by atoms with Crippen molar-refractivity contribution in [1.29, 1.82) is 0 Å². The number of carbonyl (C=O) groups is 1. The molecule has 0 saturated carbocycles. The zero-order chi connectivity index (χ0) is 14.9. The first-order valence-electron chi connectivity index (χ1n) is 5.34. The van der Waals surface area contributed by atoms with Crippen LogP contribution in [0.2, 0.25) is 10.0 Å². The van der Waals surface area contributed by atoms with E-state index < -0.39 is 14.8 Å². The summed E-state index contributed by atoms with van der Waals surface area (Å²) in [7, 11) is 1.26. The Kier molecular flexibility index (Phi) is 4.39. The molecule has 0 N–H and O–H groups in total. The van der Waals surface area contributed by atoms with E-state index in [1.165, 1.54) is 30.3 Å². The fourth-order valence-electron chi connectivity index (χ4n) is 1.68. The summed E-state index contributed by atoms with van der Waals surface area (Å²) in [5, 5.41) is 0.444. The van der Waals surface area contributed by atoms with Gasteiger partial charge >= 0.3 is 0 Å². The van der Waals surface area contributed by atoms with Crippen molar-refractivity contribution >= 4 is 48.7 Å². The molecule has 0 atom stereocenters. The fourth-order valence-corrected chi connectivity index (χ4v) is 3.12. The van der Waals surface area contributed by atoms with Gasteiger partial charge in [-0.3, -0.25) is 4.79 Å². The molecule has 0 saturated heterocycles. The van der Waals surface area contributed by atoms with E-state index in [1.54, 1.807) is 12.1 Å². The molecule has 7 heteroatoms. The summed E-state index contributed by atoms with van der Waals surface area (Å²) in [4.78, 5) is 12.1. The molecule has 0 aliphatic rings. The molecular weight excluding hydrogens is 343 g/mol. The molecule has 3 nitrogen and oxygen atoms in total. The highest BCUT2D eigenvalue weighted by molar-refractivity contribution is 8.13. The van der Waals surface area contributed by atoms with E-state index in [1.807, 2.05) is 0 Å². The van der Waals surface area contributed by atoms with Crippen LogP contribution in [0.4, 0.5) is 0 Å². The third-order valence-corrected chi connectivity index (χ3v) is 4.51. The summed E-state index contributed by atoms with van der Waals surface area (Å²) in [6.45, 7) is 0. The van der Waals surface area contributed by atoms with Gasteiger partial charge in [0.05, 0.1) is 9.92 Å². The lowest BCUT2D eigenvalue weighted by molar-refractivity contribution is 0.103. The minimum absolute atomic E-state index is 0.111. The molecular formula is C13H7Cl3O3S. The third-order valence-electron chi connectivity index (χ3n) is 2.57. The van der Waals surface area contributed by atoms with E-state index in [2.05, 4.69) is 0 Å². The number of carbonyl (C=O) groups excluding carboxylic acids is 1. The zero-order valence-electron chi connectivity index (χ0n) is 9.81. The molecule has 0 spiro atoms. The Balaban J connectivity index is 2.67. The third kappa shape index (κ3) is 3.15. The van der Waals surface area contributed by atoms with Crippen molar-refractivity contribution in [1.82, 2.24) is 0 Å². The van der Waals surface area contributed by atoms with Crippen molar-refractivity contribution in [3.63, 3.8) is 0 Å². The van der Waals surface area contributed by atoms with Crippen LogP contribution >= 0.6 is 33.9 Å². The Labute approximate surface area is 130 Å². The normalized spacial score (nSPS) is 11.3. The molecule has 104 valence electrons. The Morgan fingerprint density at radius 2 is 1.60 bits per heavy atom. The average Bonchev–Trinajstić information content (AvgIpc) is 2.37. The van der Waals surface area contributed by atoms with Gasteiger partial charge in [-0.25, -0.2) is 8.42 Å². The largest absolute Gasteiger partial charge is 0.289 e. The Morgan fingerprint density at radius 3 is 2.20 bits per heavy atom. The van der Waals surface area contributed by atoms with Gasteiger partial charge in [-0.15, -0.1) is 0 Å². The molecule has 2 aromatic rings. The van der Waals surface area contributed by atoms with E-state index in [4.69, 9.17) is 33.9 Å². The Bertz CT molecular complexity index is 785. The quantitative estimate of drug-likeness (QED) is 0.618. The van der Waals surface area contributed by atoms with Crippen LogP contribution in [0.1, 0.15) is 15.9 Å². The molecule has 0 aromatic heterocycles. The summed E-state index contributed by atoms with van der Waals surface area (Å²) in [5.74, 6) is -0.558. The zero-order valence-corrected chi connectivity index (χ0v) is 12.9. The Hall–Kier alpha value is -1.07. The second-order valence-corrected chi connectivity index (χ2v) is 7.27. The highest BCUT2D eigenvalue weighted by Crippen LogP contribution is 2.27. The second-order valence-electron chi connectivity index (χ2n) is 3.89. The molecule has 0 fully saturated rings. The minimum atomic E-state index is -4.07. The minimum Gasteiger partial charge on any atom is -0.289 e. The topological polar surface area (TPSA) is 51.2 Å². The number of rotatable bonds is 3. The molecule has 0 amide bonds. The van der Waals surface area contributed by atoms with Gasteiger partial charge in [0, 0.05) is 26.8 Å². The average molecular weight is 350 g/mol. The first kappa shape index (κ1) is 15.3. The standard InChI is InChI=1S/C13H7Cl3O3S/c14-8-5-6-12(20(16,18)19)10(7-8)13(17)9-3-1-2-4-11(9)15/h1-7H. The number of hydrogen-bond acceptors (Lipinski definition) is 3. The summed E-state index contributed by atoms with van der Waals surface area (Å²) in [6, 6.07) is 10.1. The van der Waals surface area contributed by atoms with Crippen molar-refractivity contribution in [2.75, 3.05) is 0 Å². The number of halogens is 3. The highest BCUT2D eigenvalue weighted by Gasteiger charge is 2.23. The molecule has 20 heavy (non-hydrogen) atoms. The van der Waals surface area contributed by atoms with Crippen molar-refractivity contribution in [2.45, 2.75) is 4.90 Å². The predicted molar refractivity (Wildman–Crippen MR) is 79.4 cm³/mol. The van der Waals surface area contributed by atoms with Gasteiger partial charge in [-0.2, -0.15) is 0 Å². The van der Waals surface area contributed by atoms with Gasteiger partial charge in [0.15, 0.2) is 5.78 Å². The molecule has 0 heterocycles. The molecule has 0 aliphatic carbocycles. The van der Waals surface area contributed by atoms with Crippen LogP contribution in [0.5, 0.6) is 0 Å². The highest BCUT2D eigenvalue weighted by atomic mass is 35.7. The Morgan fingerprint density at radius 1 is 0.950 bits per heavy atom. The van der Waals surface area contributed by atoms with E-state index in [0.717, 1.165) is 0 Å². The smallest absolute Gasteiger partial charge is 0.262 e. The molecule has 0 radical (unpaired) electrons. The first-order valence-corrected chi connectivity index (χ1v) is 8.40. The summed E-state index contributed by atoms with van der Waals surface area (Å²) < 4.78 is 23.0. The fraction of sp³-hybridized carbons (Fsp3) is 0. The van der Waals surface area contributed by atoms with Crippen LogP contribution in [0, 0.1) is 0 Å². The van der Waals surface area contributed by atoms with Gasteiger partial charge in [0.25, 0.3) is 9.05 Å². The van der Waals surface area contributed by atoms with Crippen molar-refractivity contribution in [3.05, 3.63) is 63.6 Å². The predicted octanol–water partition coefficient (Wildman–Crippen LogP) is 4.15. The number of hydrogen-bond donors (Lipinski definition) is 0. The summed E-state index contributed by atoms with van der Waals surface area (Å²) in [6.07, 6.45) is 0. The van der Waals surface area contributed by atoms with E-state index in [0.29, 0.717) is 0 Å². The maximum atomic E-state index is 12.4. The summed E-state index contributed by atoms with van der Waals surface area (Å²) >= 11 is 11.8. The van der Waals surface area contributed by atoms with Gasteiger partial charge in [0.1, 0.15) is 0 Å².